The Bertz CT molecular complexity index is 5330. The summed E-state index contributed by atoms with van der Waals surface area (Å²) in [7, 11) is 0. The van der Waals surface area contributed by atoms with Crippen LogP contribution in [0.4, 0.5) is 35.1 Å². The van der Waals surface area contributed by atoms with Crippen LogP contribution in [0.2, 0.25) is 10.0 Å². The Morgan fingerprint density at radius 3 is 0.881 bits per heavy atom. The molecule has 8 aliphatic heterocycles. The minimum Gasteiger partial charge on any atom is -0.481 e. The topological polar surface area (TPSA) is 342 Å². The van der Waals surface area contributed by atoms with Gasteiger partial charge < -0.3 is 50.4 Å². The number of rotatable bonds is 26. The summed E-state index contributed by atoms with van der Waals surface area (Å²) in [4.78, 5) is 117. The number of carbonyl (C=O) groups is 6. The van der Waals surface area contributed by atoms with Gasteiger partial charge in [-0.05, 0) is 87.4 Å². The van der Waals surface area contributed by atoms with Crippen LogP contribution >= 0.6 is 100 Å². The van der Waals surface area contributed by atoms with Crippen molar-refractivity contribution in [2.45, 2.75) is 63.7 Å². The van der Waals surface area contributed by atoms with Crippen molar-refractivity contribution in [2.75, 3.05) is 105 Å². The number of hydrogen-bond donors (Lipinski definition) is 6. The Kier molecular flexibility index (Phi) is 30.7. The number of hydrogen-bond acceptors (Lipinski definition) is 30. The molecule has 8 aliphatic rings. The number of carboxylic acid groups (broad SMARTS) is 2. The highest BCUT2D eigenvalue weighted by Crippen LogP contribution is 2.44. The Morgan fingerprint density at radius 1 is 0.413 bits per heavy atom. The monoisotopic (exact) mass is 1980 g/mol. The first-order valence-corrected chi connectivity index (χ1v) is 44.6. The molecule has 664 valence electrons. The molecule has 6 N–H and O–H groups in total. The molecular formula is C82H76Br2Cl2F8N16O12S4. The van der Waals surface area contributed by atoms with Crippen molar-refractivity contribution < 1.29 is 93.1 Å². The maximum Gasteiger partial charge on any atom is 0.338 e. The molecule has 16 rings (SSSR count). The zero-order chi connectivity index (χ0) is 90.0. The van der Waals surface area contributed by atoms with Crippen LogP contribution in [0.25, 0.3) is 0 Å². The Labute approximate surface area is 757 Å². The quantitative estimate of drug-likeness (QED) is 0.0167. The standard InChI is InChI=1S/C21H20BrFN4O4S.C21H20ClFN4O4S.C20H18BrF3N4O2S.C20H18ClF3N4O2S/c2*1-2-31-21(30)16-15(10-27-8-11(9-27)20(28)29)25-18(19-24-5-6-32-19)26-17(16)13-4-3-12(23)7-14(13)22;2*1-2-30-19(29)15-14(8-28-9-20(23,24)10-28)26-17(18-25-5-6-31-18)27-16(15)12-4-3-11(22)7-13(12)21/h2*3-7,11,17H,2,8-10H2,1H3,(H,25,26)(H,28,29);2*3-7,16H,2,8-10H2,1H3,(H,26,27)/t2*17-;2*16-/m0000/s1. The molecule has 4 aromatic carbocycles. The molecule has 4 aromatic heterocycles. The highest BCUT2D eigenvalue weighted by molar-refractivity contribution is 9.10. The van der Waals surface area contributed by atoms with Gasteiger partial charge >= 0.3 is 35.8 Å². The van der Waals surface area contributed by atoms with Crippen LogP contribution in [0, 0.1) is 35.1 Å². The Morgan fingerprint density at radius 2 is 0.659 bits per heavy atom. The zero-order valence-electron chi connectivity index (χ0n) is 66.8. The number of nitrogens with one attached hydrogen (secondary N) is 4. The van der Waals surface area contributed by atoms with Crippen molar-refractivity contribution in [1.29, 1.82) is 0 Å². The predicted octanol–water partition coefficient (Wildman–Crippen LogP) is 13.5. The van der Waals surface area contributed by atoms with Gasteiger partial charge in [0.1, 0.15) is 47.4 Å². The maximum atomic E-state index is 13.8. The second kappa shape index (κ2) is 41.3. The summed E-state index contributed by atoms with van der Waals surface area (Å²) in [6, 6.07) is 12.7. The summed E-state index contributed by atoms with van der Waals surface area (Å²) < 4.78 is 130. The number of alkyl halides is 4. The van der Waals surface area contributed by atoms with Crippen LogP contribution in [0.15, 0.2) is 193 Å². The molecule has 8 aromatic rings. The third-order valence-electron chi connectivity index (χ3n) is 20.0. The lowest BCUT2D eigenvalue weighted by atomic mass is 9.94. The van der Waals surface area contributed by atoms with E-state index < -0.39 is 133 Å². The van der Waals surface area contributed by atoms with Gasteiger partial charge in [-0.3, -0.25) is 49.2 Å². The number of ether oxygens (including phenoxy) is 4. The van der Waals surface area contributed by atoms with Gasteiger partial charge in [-0.25, -0.2) is 74.2 Å². The number of carbonyl (C=O) groups excluding carboxylic acids is 4. The Balaban J connectivity index is 0.000000144. The largest absolute Gasteiger partial charge is 0.481 e. The third kappa shape index (κ3) is 22.5. The average molecular weight is 1990 g/mol. The van der Waals surface area contributed by atoms with E-state index in [0.717, 1.165) is 6.07 Å². The molecule has 0 aliphatic carbocycles. The lowest BCUT2D eigenvalue weighted by molar-refractivity contribution is -0.148. The number of likely N-dealkylation sites (tertiary alicyclic amines) is 4. The number of benzene rings is 4. The minimum absolute atomic E-state index is 0.0590. The third-order valence-corrected chi connectivity index (χ3v) is 25.2. The fourth-order valence-corrected chi connectivity index (χ4v) is 18.3. The number of nitrogens with zero attached hydrogens (tertiary/aromatic N) is 12. The van der Waals surface area contributed by atoms with Crippen LogP contribution in [-0.4, -0.2) is 226 Å². The van der Waals surface area contributed by atoms with Gasteiger partial charge in [0.05, 0.1) is 86.7 Å². The molecule has 0 amide bonds. The molecule has 4 saturated heterocycles. The molecule has 126 heavy (non-hydrogen) atoms. The first-order valence-electron chi connectivity index (χ1n) is 38.8. The molecule has 28 nitrogen and oxygen atoms in total. The minimum atomic E-state index is -2.76. The van der Waals surface area contributed by atoms with Gasteiger partial charge in [0.2, 0.25) is 0 Å². The van der Waals surface area contributed by atoms with E-state index in [1.54, 1.807) is 74.7 Å². The number of aliphatic imine (C=N–C) groups is 4. The number of halogens is 12. The fourth-order valence-electron chi connectivity index (χ4n) is 14.3. The first-order chi connectivity index (χ1) is 60.3. The second-order valence-corrected chi connectivity index (χ2v) is 35.0. The van der Waals surface area contributed by atoms with Crippen molar-refractivity contribution >= 4 is 160 Å². The van der Waals surface area contributed by atoms with Crippen molar-refractivity contribution in [2.24, 2.45) is 31.8 Å². The molecule has 0 radical (unpaired) electrons. The van der Waals surface area contributed by atoms with Crippen molar-refractivity contribution in [1.82, 2.24) is 60.8 Å². The second-order valence-electron chi connectivity index (χ2n) is 28.9. The molecule has 0 bridgehead atoms. The lowest BCUT2D eigenvalue weighted by Crippen LogP contribution is -2.57. The molecule has 0 unspecified atom stereocenters. The van der Waals surface area contributed by atoms with Crippen molar-refractivity contribution in [3.8, 4) is 0 Å². The van der Waals surface area contributed by atoms with Gasteiger partial charge in [0, 0.05) is 152 Å². The highest BCUT2D eigenvalue weighted by atomic mass is 79.9. The lowest BCUT2D eigenvalue weighted by Gasteiger charge is -2.40. The van der Waals surface area contributed by atoms with Crippen molar-refractivity contribution in [3.05, 3.63) is 249 Å². The van der Waals surface area contributed by atoms with E-state index in [0.29, 0.717) is 136 Å². The van der Waals surface area contributed by atoms with Gasteiger partial charge in [-0.1, -0.05) is 79.3 Å². The number of aromatic nitrogens is 4. The van der Waals surface area contributed by atoms with Crippen LogP contribution in [-0.2, 0) is 47.7 Å². The van der Waals surface area contributed by atoms with Gasteiger partial charge in [-0.15, -0.1) is 45.3 Å². The normalized spacial score (nSPS) is 19.9. The van der Waals surface area contributed by atoms with E-state index in [1.807, 2.05) is 15.2 Å². The summed E-state index contributed by atoms with van der Waals surface area (Å²) in [5.74, 6) is -10.6. The molecular weight excluding hydrogens is 1910 g/mol. The number of carboxylic acids is 2. The van der Waals surface area contributed by atoms with E-state index in [1.165, 1.54) is 116 Å². The van der Waals surface area contributed by atoms with Crippen LogP contribution < -0.4 is 21.3 Å². The van der Waals surface area contributed by atoms with E-state index in [-0.39, 0.29) is 72.8 Å². The summed E-state index contributed by atoms with van der Waals surface area (Å²) in [5, 5.41) is 40.7. The fraction of sp³-hybridized carbons (Fsp3) is 0.341. The van der Waals surface area contributed by atoms with Gasteiger partial charge in [0.15, 0.2) is 43.4 Å². The van der Waals surface area contributed by atoms with Crippen LogP contribution in [0.5, 0.6) is 0 Å². The van der Waals surface area contributed by atoms with Gasteiger partial charge in [0.25, 0.3) is 11.8 Å². The van der Waals surface area contributed by atoms with E-state index >= 15 is 0 Å². The van der Waals surface area contributed by atoms with Crippen LogP contribution in [0.3, 0.4) is 0 Å². The SMILES string of the molecule is CCOC(=O)C1=C(CN2CC(C(=O)O)C2)NC(c2nccs2)=N[C@H]1c1ccc(F)cc1Br.CCOC(=O)C1=C(CN2CC(C(=O)O)C2)NC(c2nccs2)=N[C@H]1c1ccc(F)cc1Cl.CCOC(=O)C1=C(CN2CC(F)(F)C2)NC(c2nccs2)=N[C@H]1c1ccc(F)cc1Br.CCOC(=O)C1=C(CN2CC(F)(F)C2)NC(c2nccs2)=N[C@H]1c1ccc(F)cc1Cl. The summed E-state index contributed by atoms with van der Waals surface area (Å²) >= 11 is 24.8. The maximum absolute atomic E-state index is 13.8. The highest BCUT2D eigenvalue weighted by Gasteiger charge is 2.48. The molecule has 12 heterocycles. The zero-order valence-corrected chi connectivity index (χ0v) is 74.8. The average Bonchev–Trinajstić information content (AvgIpc) is 1.10. The summed E-state index contributed by atoms with van der Waals surface area (Å²) in [6.45, 7) is 7.96. The van der Waals surface area contributed by atoms with E-state index in [4.69, 9.17) is 47.1 Å². The van der Waals surface area contributed by atoms with Gasteiger partial charge in [-0.2, -0.15) is 0 Å². The summed E-state index contributed by atoms with van der Waals surface area (Å²) in [5.41, 5.74) is 4.78. The summed E-state index contributed by atoms with van der Waals surface area (Å²) in [6.07, 6.45) is 6.52. The van der Waals surface area contributed by atoms with Crippen molar-refractivity contribution in [3.63, 3.8) is 0 Å². The number of aliphatic carboxylic acids is 2. The number of amidine groups is 4. The predicted molar refractivity (Wildman–Crippen MR) is 462 cm³/mol. The van der Waals surface area contributed by atoms with E-state index in [2.05, 4.69) is 88.0 Å². The molecule has 4 atom stereocenters. The molecule has 4 fully saturated rings. The molecule has 0 spiro atoms. The van der Waals surface area contributed by atoms with E-state index in [9.17, 15) is 74.1 Å². The molecule has 0 saturated carbocycles. The van der Waals surface area contributed by atoms with Crippen LogP contribution in [0.1, 0.15) is 94.1 Å². The molecule has 44 heteroatoms. The Hall–Kier alpha value is -10.1. The number of thiazole rings is 4. The number of esters is 4. The smallest absolute Gasteiger partial charge is 0.338 e. The first kappa shape index (κ1) is 93.5.